The van der Waals surface area contributed by atoms with Crippen LogP contribution in [0.3, 0.4) is 0 Å². The van der Waals surface area contributed by atoms with Gasteiger partial charge in [0.2, 0.25) is 0 Å². The topological polar surface area (TPSA) is 84.7 Å². The van der Waals surface area contributed by atoms with E-state index >= 15 is 0 Å². The van der Waals surface area contributed by atoms with Crippen LogP contribution in [-0.4, -0.2) is 51.4 Å². The van der Waals surface area contributed by atoms with Crippen molar-refractivity contribution in [2.24, 2.45) is 0 Å². The lowest BCUT2D eigenvalue weighted by molar-refractivity contribution is -0.139. The number of likely N-dealkylation sites (tertiary alicyclic amines) is 1. The zero-order chi connectivity index (χ0) is 20.3. The van der Waals surface area contributed by atoms with Crippen LogP contribution < -0.4 is 4.74 Å². The van der Waals surface area contributed by atoms with Gasteiger partial charge >= 0.3 is 5.97 Å². The molecule has 0 saturated carbocycles. The van der Waals surface area contributed by atoms with Gasteiger partial charge in [-0.1, -0.05) is 0 Å². The minimum Gasteiger partial charge on any atom is -0.481 e. The molecule has 1 aliphatic rings. The molecule has 7 heteroatoms. The van der Waals surface area contributed by atoms with Crippen molar-refractivity contribution < 1.29 is 19.4 Å². The van der Waals surface area contributed by atoms with E-state index in [1.54, 1.807) is 12.1 Å². The molecule has 1 aliphatic heterocycles. The Bertz CT molecular complexity index is 843. The lowest BCUT2D eigenvalue weighted by Crippen LogP contribution is -2.38. The normalized spacial score (nSPS) is 14.9. The number of carboxylic acids is 1. The highest BCUT2D eigenvalue weighted by molar-refractivity contribution is 5.95. The number of carbonyl (C=O) groups excluding carboxylic acids is 1. The Hall–Kier alpha value is -2.83. The number of aryl methyl sites for hydroxylation is 3. The minimum atomic E-state index is -1.02. The molecule has 1 amide bonds. The van der Waals surface area contributed by atoms with Crippen LogP contribution in [0.2, 0.25) is 0 Å². The lowest BCUT2D eigenvalue weighted by atomic mass is 9.91. The number of carbonyl (C=O) groups is 2. The van der Waals surface area contributed by atoms with Crippen LogP contribution in [0.1, 0.15) is 52.7 Å². The van der Waals surface area contributed by atoms with Crippen molar-refractivity contribution in [3.05, 3.63) is 46.8 Å². The predicted molar refractivity (Wildman–Crippen MR) is 105 cm³/mol. The summed E-state index contributed by atoms with van der Waals surface area (Å²) in [5, 5.41) is 13.2. The number of piperidine rings is 1. The van der Waals surface area contributed by atoms with Crippen molar-refractivity contribution in [3.63, 3.8) is 0 Å². The lowest BCUT2D eigenvalue weighted by Gasteiger charge is -2.32. The number of benzene rings is 1. The molecular formula is C21H27N3O4. The van der Waals surface area contributed by atoms with Crippen LogP contribution in [0, 0.1) is 13.8 Å². The number of hydrogen-bond acceptors (Lipinski definition) is 4. The smallest absolute Gasteiger partial charge is 0.341 e. The summed E-state index contributed by atoms with van der Waals surface area (Å²) in [6.07, 6.45) is 5.90. The molecule has 0 bridgehead atoms. The number of nitrogens with zero attached hydrogens (tertiary/aromatic N) is 3. The fourth-order valence-electron chi connectivity index (χ4n) is 3.80. The molecule has 0 unspecified atom stereocenters. The maximum absolute atomic E-state index is 12.9. The fourth-order valence-corrected chi connectivity index (χ4v) is 3.80. The minimum absolute atomic E-state index is 0.0127. The van der Waals surface area contributed by atoms with E-state index in [4.69, 9.17) is 9.84 Å². The van der Waals surface area contributed by atoms with Crippen molar-refractivity contribution in [2.75, 3.05) is 19.7 Å². The fraction of sp³-hybridized carbons (Fsp3) is 0.476. The van der Waals surface area contributed by atoms with Crippen LogP contribution in [0.5, 0.6) is 5.75 Å². The van der Waals surface area contributed by atoms with Gasteiger partial charge in [-0.25, -0.2) is 4.79 Å². The van der Waals surface area contributed by atoms with Crippen molar-refractivity contribution >= 4 is 11.9 Å². The van der Waals surface area contributed by atoms with Crippen LogP contribution in [-0.2, 0) is 11.3 Å². The summed E-state index contributed by atoms with van der Waals surface area (Å²) in [5.41, 5.74) is 3.41. The number of carboxylic acid groups (broad SMARTS) is 1. The largest absolute Gasteiger partial charge is 0.481 e. The Morgan fingerprint density at radius 3 is 2.39 bits per heavy atom. The van der Waals surface area contributed by atoms with E-state index in [0.717, 1.165) is 43.6 Å². The van der Waals surface area contributed by atoms with Gasteiger partial charge in [0.15, 0.2) is 6.61 Å². The van der Waals surface area contributed by atoms with Crippen LogP contribution in [0.15, 0.2) is 24.5 Å². The molecule has 1 aromatic heterocycles. The Balaban J connectivity index is 1.65. The summed E-state index contributed by atoms with van der Waals surface area (Å²) in [6, 6.07) is 3.56. The summed E-state index contributed by atoms with van der Waals surface area (Å²) in [6.45, 7) is 7.64. The maximum Gasteiger partial charge on any atom is 0.341 e. The molecule has 150 valence electrons. The average Bonchev–Trinajstić information content (AvgIpc) is 3.16. The number of aliphatic carboxylic acids is 1. The second-order valence-electron chi connectivity index (χ2n) is 7.32. The van der Waals surface area contributed by atoms with Gasteiger partial charge < -0.3 is 14.7 Å². The molecular weight excluding hydrogens is 358 g/mol. The highest BCUT2D eigenvalue weighted by Crippen LogP contribution is 2.30. The summed E-state index contributed by atoms with van der Waals surface area (Å²) in [5.74, 6) is -0.0322. The number of amides is 1. The molecule has 0 aliphatic carbocycles. The number of rotatable bonds is 6. The molecule has 0 atom stereocenters. The standard InChI is InChI=1S/C21H27N3O4/c1-4-24-12-18(11-22-24)16-5-7-23(8-6-16)21(27)17-9-14(2)20(15(3)10-17)28-13-19(25)26/h9-12,16H,4-8,13H2,1-3H3,(H,25,26). The van der Waals surface area contributed by atoms with Crippen molar-refractivity contribution in [1.29, 1.82) is 0 Å². The van der Waals surface area contributed by atoms with E-state index in [2.05, 4.69) is 18.2 Å². The predicted octanol–water partition coefficient (Wildman–Crippen LogP) is 3.00. The molecule has 0 spiro atoms. The number of ether oxygens (including phenoxy) is 1. The van der Waals surface area contributed by atoms with E-state index in [1.807, 2.05) is 29.6 Å². The van der Waals surface area contributed by atoms with Gasteiger partial charge in [0.1, 0.15) is 5.75 Å². The van der Waals surface area contributed by atoms with Gasteiger partial charge in [-0.15, -0.1) is 0 Å². The van der Waals surface area contributed by atoms with E-state index in [1.165, 1.54) is 5.56 Å². The van der Waals surface area contributed by atoms with Crippen molar-refractivity contribution in [2.45, 2.75) is 46.1 Å². The third kappa shape index (κ3) is 4.35. The first kappa shape index (κ1) is 19.9. The second kappa shape index (κ2) is 8.46. The van der Waals surface area contributed by atoms with Gasteiger partial charge in [0.25, 0.3) is 5.91 Å². The quantitative estimate of drug-likeness (QED) is 0.826. The molecule has 3 rings (SSSR count). The monoisotopic (exact) mass is 385 g/mol. The SMILES string of the molecule is CCn1cc(C2CCN(C(=O)c3cc(C)c(OCC(=O)O)c(C)c3)CC2)cn1. The zero-order valence-corrected chi connectivity index (χ0v) is 16.6. The third-order valence-corrected chi connectivity index (χ3v) is 5.28. The molecule has 7 nitrogen and oxygen atoms in total. The molecule has 0 radical (unpaired) electrons. The molecule has 1 aromatic carbocycles. The molecule has 2 heterocycles. The van der Waals surface area contributed by atoms with E-state index in [-0.39, 0.29) is 5.91 Å². The summed E-state index contributed by atoms with van der Waals surface area (Å²) >= 11 is 0. The summed E-state index contributed by atoms with van der Waals surface area (Å²) in [7, 11) is 0. The van der Waals surface area contributed by atoms with Gasteiger partial charge in [-0.05, 0) is 68.4 Å². The Morgan fingerprint density at radius 2 is 1.86 bits per heavy atom. The average molecular weight is 385 g/mol. The van der Waals surface area contributed by atoms with E-state index < -0.39 is 12.6 Å². The van der Waals surface area contributed by atoms with Crippen molar-refractivity contribution in [3.8, 4) is 5.75 Å². The molecule has 2 aromatic rings. The van der Waals surface area contributed by atoms with Crippen molar-refractivity contribution in [1.82, 2.24) is 14.7 Å². The van der Waals surface area contributed by atoms with E-state index in [0.29, 0.717) is 17.2 Å². The Kier molecular flexibility index (Phi) is 6.02. The number of aromatic nitrogens is 2. The maximum atomic E-state index is 12.9. The first-order chi connectivity index (χ1) is 13.4. The van der Waals surface area contributed by atoms with Gasteiger partial charge in [-0.3, -0.25) is 9.48 Å². The van der Waals surface area contributed by atoms with Crippen LogP contribution in [0.25, 0.3) is 0 Å². The first-order valence-corrected chi connectivity index (χ1v) is 9.66. The van der Waals surface area contributed by atoms with Gasteiger partial charge in [0.05, 0.1) is 6.20 Å². The van der Waals surface area contributed by atoms with Crippen LogP contribution >= 0.6 is 0 Å². The highest BCUT2D eigenvalue weighted by Gasteiger charge is 2.26. The van der Waals surface area contributed by atoms with Crippen LogP contribution in [0.4, 0.5) is 0 Å². The zero-order valence-electron chi connectivity index (χ0n) is 16.6. The number of hydrogen-bond donors (Lipinski definition) is 1. The van der Waals surface area contributed by atoms with Gasteiger partial charge in [-0.2, -0.15) is 5.10 Å². The van der Waals surface area contributed by atoms with E-state index in [9.17, 15) is 9.59 Å². The molecule has 1 saturated heterocycles. The highest BCUT2D eigenvalue weighted by atomic mass is 16.5. The molecule has 1 N–H and O–H groups in total. The van der Waals surface area contributed by atoms with Gasteiger partial charge in [0, 0.05) is 31.4 Å². The summed E-state index contributed by atoms with van der Waals surface area (Å²) in [4.78, 5) is 25.6. The third-order valence-electron chi connectivity index (χ3n) is 5.28. The molecule has 28 heavy (non-hydrogen) atoms. The Morgan fingerprint density at radius 1 is 1.21 bits per heavy atom. The summed E-state index contributed by atoms with van der Waals surface area (Å²) < 4.78 is 7.29. The second-order valence-corrected chi connectivity index (χ2v) is 7.32. The molecule has 1 fully saturated rings. The Labute approximate surface area is 164 Å². The first-order valence-electron chi connectivity index (χ1n) is 9.66.